The Labute approximate surface area is 181 Å². The summed E-state index contributed by atoms with van der Waals surface area (Å²) in [5.74, 6) is -1.06. The van der Waals surface area contributed by atoms with Crippen molar-refractivity contribution in [3.8, 4) is 11.4 Å². The fourth-order valence-electron chi connectivity index (χ4n) is 3.55. The molecule has 3 aromatic carbocycles. The van der Waals surface area contributed by atoms with E-state index in [1.54, 1.807) is 24.3 Å². The third kappa shape index (κ3) is 3.81. The van der Waals surface area contributed by atoms with Crippen molar-refractivity contribution in [3.63, 3.8) is 0 Å². The van der Waals surface area contributed by atoms with Gasteiger partial charge in [-0.05, 0) is 54.1 Å². The van der Waals surface area contributed by atoms with Crippen molar-refractivity contribution in [2.75, 3.05) is 5.32 Å². The molecule has 2 aromatic heterocycles. The number of aromatic nitrogens is 3. The summed E-state index contributed by atoms with van der Waals surface area (Å²) in [6.45, 7) is 0.610. The fraction of sp³-hybridized carbons (Fsp3) is 0.0417. The molecule has 0 saturated carbocycles. The lowest BCUT2D eigenvalue weighted by atomic mass is 10.1. The molecule has 1 amide bonds. The molecule has 0 aliphatic heterocycles. The molecule has 32 heavy (non-hydrogen) atoms. The van der Waals surface area contributed by atoms with Crippen LogP contribution in [0.3, 0.4) is 0 Å². The van der Waals surface area contributed by atoms with Crippen LogP contribution in [0, 0.1) is 5.82 Å². The van der Waals surface area contributed by atoms with Crippen molar-refractivity contribution in [2.45, 2.75) is 6.54 Å². The lowest BCUT2D eigenvalue weighted by molar-refractivity contribution is 0.102. The van der Waals surface area contributed by atoms with Gasteiger partial charge in [-0.1, -0.05) is 29.4 Å². The number of hydrogen-bond acceptors (Lipinski definition) is 4. The Bertz CT molecular complexity index is 1480. The van der Waals surface area contributed by atoms with Gasteiger partial charge in [0.1, 0.15) is 5.82 Å². The summed E-state index contributed by atoms with van der Waals surface area (Å²) in [6.07, 6.45) is 1.97. The summed E-state index contributed by atoms with van der Waals surface area (Å²) in [5.41, 5.74) is 3.37. The third-order valence-electron chi connectivity index (χ3n) is 5.18. The molecule has 0 saturated heterocycles. The molecule has 2 N–H and O–H groups in total. The first-order valence-electron chi connectivity index (χ1n) is 9.87. The second-order valence-electron chi connectivity index (χ2n) is 7.29. The van der Waals surface area contributed by atoms with Gasteiger partial charge in [-0.3, -0.25) is 14.3 Å². The number of nitrogens with one attached hydrogen (secondary N) is 2. The van der Waals surface area contributed by atoms with E-state index < -0.39 is 11.6 Å². The summed E-state index contributed by atoms with van der Waals surface area (Å²) in [6, 6.07) is 21.0. The SMILES string of the molecule is O=C(Nc1ccccc1F)c1ccc(Cn2ccc3cc(-c4noc(=O)[nH]4)ccc32)cc1. The number of rotatable bonds is 5. The Morgan fingerprint density at radius 1 is 1.06 bits per heavy atom. The maximum absolute atomic E-state index is 13.8. The van der Waals surface area contributed by atoms with Gasteiger partial charge in [0.15, 0.2) is 5.82 Å². The number of nitrogens with zero attached hydrogens (tertiary/aromatic N) is 2. The molecule has 5 aromatic rings. The Morgan fingerprint density at radius 3 is 2.62 bits per heavy atom. The lowest BCUT2D eigenvalue weighted by Gasteiger charge is -2.09. The van der Waals surface area contributed by atoms with Gasteiger partial charge in [-0.2, -0.15) is 0 Å². The van der Waals surface area contributed by atoms with Gasteiger partial charge in [0, 0.05) is 34.8 Å². The third-order valence-corrected chi connectivity index (χ3v) is 5.18. The highest BCUT2D eigenvalue weighted by atomic mass is 19.1. The lowest BCUT2D eigenvalue weighted by Crippen LogP contribution is -2.13. The molecule has 0 radical (unpaired) electrons. The van der Waals surface area contributed by atoms with Crippen molar-refractivity contribution in [1.82, 2.24) is 14.7 Å². The molecule has 0 aliphatic carbocycles. The standard InChI is InChI=1S/C24H17FN4O3/c25-19-3-1-2-4-20(19)26-23(30)16-7-5-15(6-8-16)14-29-12-11-17-13-18(9-10-21(17)29)22-27-24(31)32-28-22/h1-13H,14H2,(H,26,30)(H,27,28,31). The normalized spacial score (nSPS) is 11.0. The minimum Gasteiger partial charge on any atom is -0.343 e. The van der Waals surface area contributed by atoms with Crippen LogP contribution < -0.4 is 11.1 Å². The zero-order valence-corrected chi connectivity index (χ0v) is 16.7. The van der Waals surface area contributed by atoms with Gasteiger partial charge < -0.3 is 9.88 Å². The molecule has 8 heteroatoms. The summed E-state index contributed by atoms with van der Waals surface area (Å²) in [5, 5.41) is 7.29. The van der Waals surface area contributed by atoms with Crippen LogP contribution in [0.1, 0.15) is 15.9 Å². The van der Waals surface area contributed by atoms with E-state index in [2.05, 4.69) is 24.5 Å². The first-order chi connectivity index (χ1) is 15.6. The largest absolute Gasteiger partial charge is 0.439 e. The predicted octanol–water partition coefficient (Wildman–Crippen LogP) is 4.42. The molecule has 0 unspecified atom stereocenters. The monoisotopic (exact) mass is 428 g/mol. The van der Waals surface area contributed by atoms with Crippen molar-refractivity contribution >= 4 is 22.5 Å². The highest BCUT2D eigenvalue weighted by Crippen LogP contribution is 2.23. The zero-order valence-electron chi connectivity index (χ0n) is 16.7. The van der Waals surface area contributed by atoms with Crippen molar-refractivity contribution in [1.29, 1.82) is 0 Å². The number of fused-ring (bicyclic) bond motifs is 1. The van der Waals surface area contributed by atoms with Gasteiger partial charge >= 0.3 is 5.76 Å². The summed E-state index contributed by atoms with van der Waals surface area (Å²) < 4.78 is 20.4. The molecule has 5 rings (SSSR count). The second kappa shape index (κ2) is 7.99. The number of carbonyl (C=O) groups excluding carboxylic acids is 1. The number of para-hydroxylation sites is 1. The molecule has 158 valence electrons. The number of benzene rings is 3. The van der Waals surface area contributed by atoms with E-state index in [1.165, 1.54) is 12.1 Å². The Kier molecular flexibility index (Phi) is 4.87. The Balaban J connectivity index is 1.32. The minimum atomic E-state index is -0.594. The van der Waals surface area contributed by atoms with E-state index in [4.69, 9.17) is 0 Å². The maximum atomic E-state index is 13.8. The van der Waals surface area contributed by atoms with Crippen LogP contribution in [0.15, 0.2) is 88.3 Å². The van der Waals surface area contributed by atoms with Gasteiger partial charge in [0.25, 0.3) is 5.91 Å². The molecule has 7 nitrogen and oxygen atoms in total. The molecule has 0 aliphatic rings. The number of halogens is 1. The number of aromatic amines is 1. The molecule has 0 bridgehead atoms. The number of hydrogen-bond donors (Lipinski definition) is 2. The average Bonchev–Trinajstić information content (AvgIpc) is 3.42. The van der Waals surface area contributed by atoms with Crippen LogP contribution >= 0.6 is 0 Å². The minimum absolute atomic E-state index is 0.148. The zero-order chi connectivity index (χ0) is 22.1. The van der Waals surface area contributed by atoms with Crippen molar-refractivity contribution in [2.24, 2.45) is 0 Å². The molecule has 0 fully saturated rings. The first-order valence-corrected chi connectivity index (χ1v) is 9.87. The number of amides is 1. The van der Waals surface area contributed by atoms with Crippen molar-refractivity contribution < 1.29 is 13.7 Å². The average molecular weight is 428 g/mol. The Hall–Kier alpha value is -4.46. The van der Waals surface area contributed by atoms with Crippen molar-refractivity contribution in [3.05, 3.63) is 106 Å². The Morgan fingerprint density at radius 2 is 1.88 bits per heavy atom. The molecule has 2 heterocycles. The highest BCUT2D eigenvalue weighted by Gasteiger charge is 2.10. The van der Waals surface area contributed by atoms with Crippen LogP contribution in [0.25, 0.3) is 22.3 Å². The number of carbonyl (C=O) groups is 1. The number of anilines is 1. The fourth-order valence-corrected chi connectivity index (χ4v) is 3.55. The quantitative estimate of drug-likeness (QED) is 0.433. The van der Waals surface area contributed by atoms with Crippen LogP contribution in [0.5, 0.6) is 0 Å². The van der Waals surface area contributed by atoms with Gasteiger partial charge in [-0.25, -0.2) is 9.18 Å². The molecule has 0 atom stereocenters. The van der Waals surface area contributed by atoms with Gasteiger partial charge in [-0.15, -0.1) is 0 Å². The van der Waals surface area contributed by atoms with Crippen LogP contribution in [0.4, 0.5) is 10.1 Å². The molecule has 0 spiro atoms. The second-order valence-corrected chi connectivity index (χ2v) is 7.29. The van der Waals surface area contributed by atoms with E-state index in [9.17, 15) is 14.0 Å². The van der Waals surface area contributed by atoms with E-state index in [-0.39, 0.29) is 11.6 Å². The first kappa shape index (κ1) is 19.5. The number of H-pyrrole nitrogens is 1. The van der Waals surface area contributed by atoms with Gasteiger partial charge in [0.05, 0.1) is 5.69 Å². The topological polar surface area (TPSA) is 92.9 Å². The highest BCUT2D eigenvalue weighted by molar-refractivity contribution is 6.04. The predicted molar refractivity (Wildman–Crippen MR) is 118 cm³/mol. The van der Waals surface area contributed by atoms with Crippen LogP contribution in [-0.4, -0.2) is 20.6 Å². The summed E-state index contributed by atoms with van der Waals surface area (Å²) in [4.78, 5) is 26.1. The van der Waals surface area contributed by atoms with E-state index in [0.717, 1.165) is 22.0 Å². The summed E-state index contributed by atoms with van der Waals surface area (Å²) in [7, 11) is 0. The smallest absolute Gasteiger partial charge is 0.343 e. The van der Waals surface area contributed by atoms with Gasteiger partial charge in [0.2, 0.25) is 0 Å². The molecular weight excluding hydrogens is 411 g/mol. The van der Waals surface area contributed by atoms with E-state index in [1.807, 2.05) is 42.6 Å². The van der Waals surface area contributed by atoms with E-state index in [0.29, 0.717) is 17.9 Å². The van der Waals surface area contributed by atoms with Crippen LogP contribution in [0.2, 0.25) is 0 Å². The molecular formula is C24H17FN4O3. The van der Waals surface area contributed by atoms with E-state index >= 15 is 0 Å². The van der Waals surface area contributed by atoms with Crippen LogP contribution in [-0.2, 0) is 6.54 Å². The maximum Gasteiger partial charge on any atom is 0.439 e. The summed E-state index contributed by atoms with van der Waals surface area (Å²) >= 11 is 0.